The second kappa shape index (κ2) is 9.24. The Kier molecular flexibility index (Phi) is 6.43. The van der Waals surface area contributed by atoms with E-state index in [-0.39, 0.29) is 0 Å². The molecule has 1 saturated heterocycles. The monoisotopic (exact) mass is 457 g/mol. The van der Waals surface area contributed by atoms with Crippen molar-refractivity contribution in [2.75, 3.05) is 30.9 Å². The van der Waals surface area contributed by atoms with Crippen LogP contribution in [0, 0.1) is 5.92 Å². The van der Waals surface area contributed by atoms with Crippen molar-refractivity contribution >= 4 is 27.3 Å². The van der Waals surface area contributed by atoms with Crippen molar-refractivity contribution in [3.05, 3.63) is 65.8 Å². The van der Waals surface area contributed by atoms with Crippen LogP contribution in [0.3, 0.4) is 0 Å². The number of rotatable bonds is 6. The molecule has 1 aliphatic rings. The molecule has 162 valence electrons. The molecule has 0 radical (unpaired) electrons. The molecule has 2 aromatic carbocycles. The molecule has 4 rings (SSSR count). The molecule has 8 heteroatoms. The van der Waals surface area contributed by atoms with Gasteiger partial charge in [-0.15, -0.1) is 10.2 Å². The number of benzene rings is 2. The van der Waals surface area contributed by atoms with Gasteiger partial charge in [0.2, 0.25) is 0 Å². The number of anilines is 1. The summed E-state index contributed by atoms with van der Waals surface area (Å²) in [6.07, 6.45) is 3.29. The predicted octanol–water partition coefficient (Wildman–Crippen LogP) is 4.50. The van der Waals surface area contributed by atoms with E-state index in [9.17, 15) is 8.42 Å². The van der Waals surface area contributed by atoms with Crippen LogP contribution in [0.4, 0.5) is 5.82 Å². The first-order valence-electron chi connectivity index (χ1n) is 10.2. The standard InChI is InChI=1S/C23H24ClN3O3S/c1-31(28,29)21-8-4-19(5-9-21)18-2-6-20(7-3-18)30-16-17-12-14-27(15-13-17)23-11-10-22(24)25-26-23/h2-11,17H,12-16H2,1H3. The minimum absolute atomic E-state index is 0.324. The highest BCUT2D eigenvalue weighted by Gasteiger charge is 2.21. The highest BCUT2D eigenvalue weighted by molar-refractivity contribution is 7.90. The number of hydrogen-bond donors (Lipinski definition) is 0. The molecule has 6 nitrogen and oxygen atoms in total. The number of hydrogen-bond acceptors (Lipinski definition) is 6. The molecule has 0 unspecified atom stereocenters. The lowest BCUT2D eigenvalue weighted by Crippen LogP contribution is -2.36. The van der Waals surface area contributed by atoms with Gasteiger partial charge < -0.3 is 9.64 Å². The third-order valence-electron chi connectivity index (χ3n) is 5.51. The van der Waals surface area contributed by atoms with E-state index in [1.807, 2.05) is 42.5 Å². The molecule has 3 aromatic rings. The maximum atomic E-state index is 11.6. The van der Waals surface area contributed by atoms with Crippen LogP contribution in [0.15, 0.2) is 65.6 Å². The lowest BCUT2D eigenvalue weighted by molar-refractivity contribution is 0.222. The van der Waals surface area contributed by atoms with Gasteiger partial charge in [-0.25, -0.2) is 8.42 Å². The Hall–Kier alpha value is -2.64. The summed E-state index contributed by atoms with van der Waals surface area (Å²) in [5, 5.41) is 8.48. The van der Waals surface area contributed by atoms with Gasteiger partial charge in [-0.3, -0.25) is 0 Å². The van der Waals surface area contributed by atoms with Crippen LogP contribution in [0.2, 0.25) is 5.15 Å². The van der Waals surface area contributed by atoms with Crippen LogP contribution in [-0.2, 0) is 9.84 Å². The van der Waals surface area contributed by atoms with Gasteiger partial charge in [0.15, 0.2) is 20.8 Å². The lowest BCUT2D eigenvalue weighted by atomic mass is 9.98. The maximum Gasteiger partial charge on any atom is 0.175 e. The Morgan fingerprint density at radius 2 is 1.55 bits per heavy atom. The van der Waals surface area contributed by atoms with E-state index in [1.165, 1.54) is 6.26 Å². The van der Waals surface area contributed by atoms with Crippen molar-refractivity contribution < 1.29 is 13.2 Å². The Morgan fingerprint density at radius 3 is 2.10 bits per heavy atom. The number of nitrogens with zero attached hydrogens (tertiary/aromatic N) is 3. The fraction of sp³-hybridized carbons (Fsp3) is 0.304. The van der Waals surface area contributed by atoms with Crippen molar-refractivity contribution in [2.45, 2.75) is 17.7 Å². The van der Waals surface area contributed by atoms with Gasteiger partial charge in [-0.05, 0) is 66.3 Å². The van der Waals surface area contributed by atoms with Crippen LogP contribution in [-0.4, -0.2) is 44.6 Å². The summed E-state index contributed by atoms with van der Waals surface area (Å²) in [6.45, 7) is 2.53. The van der Waals surface area contributed by atoms with Crippen molar-refractivity contribution in [3.8, 4) is 16.9 Å². The summed E-state index contributed by atoms with van der Waals surface area (Å²) in [4.78, 5) is 2.55. The highest BCUT2D eigenvalue weighted by atomic mass is 35.5. The Bertz CT molecular complexity index is 1110. The number of piperidine rings is 1. The van der Waals surface area contributed by atoms with Crippen LogP contribution in [0.5, 0.6) is 5.75 Å². The van der Waals surface area contributed by atoms with E-state index in [4.69, 9.17) is 16.3 Å². The van der Waals surface area contributed by atoms with Crippen LogP contribution >= 0.6 is 11.6 Å². The first-order valence-corrected chi connectivity index (χ1v) is 12.4. The van der Waals surface area contributed by atoms with Gasteiger partial charge in [0.1, 0.15) is 5.75 Å². The third kappa shape index (κ3) is 5.54. The smallest absolute Gasteiger partial charge is 0.175 e. The molecule has 0 aliphatic carbocycles. The van der Waals surface area contributed by atoms with Gasteiger partial charge in [0.25, 0.3) is 0 Å². The normalized spacial score (nSPS) is 15.1. The van der Waals surface area contributed by atoms with Crippen LogP contribution < -0.4 is 9.64 Å². The van der Waals surface area contributed by atoms with Crippen molar-refractivity contribution in [3.63, 3.8) is 0 Å². The average molecular weight is 458 g/mol. The topological polar surface area (TPSA) is 72.4 Å². The molecule has 0 bridgehead atoms. The fourth-order valence-corrected chi connectivity index (χ4v) is 4.39. The van der Waals surface area contributed by atoms with Gasteiger partial charge in [-0.1, -0.05) is 35.9 Å². The van der Waals surface area contributed by atoms with Gasteiger partial charge in [0, 0.05) is 19.3 Å². The van der Waals surface area contributed by atoms with E-state index in [0.29, 0.717) is 22.6 Å². The van der Waals surface area contributed by atoms with Gasteiger partial charge in [-0.2, -0.15) is 0 Å². The van der Waals surface area contributed by atoms with E-state index in [2.05, 4.69) is 15.1 Å². The fourth-order valence-electron chi connectivity index (χ4n) is 3.66. The zero-order valence-corrected chi connectivity index (χ0v) is 18.8. The minimum atomic E-state index is -3.18. The largest absolute Gasteiger partial charge is 0.493 e. The van der Waals surface area contributed by atoms with Crippen molar-refractivity contribution in [1.82, 2.24) is 10.2 Å². The molecule has 1 aromatic heterocycles. The quantitative estimate of drug-likeness (QED) is 0.542. The van der Waals surface area contributed by atoms with Gasteiger partial charge >= 0.3 is 0 Å². The molecule has 0 saturated carbocycles. The number of aromatic nitrogens is 2. The molecule has 1 fully saturated rings. The molecule has 0 spiro atoms. The molecule has 0 atom stereocenters. The zero-order valence-electron chi connectivity index (χ0n) is 17.2. The number of sulfone groups is 1. The number of halogens is 1. The molecule has 0 amide bonds. The first-order chi connectivity index (χ1) is 14.9. The van der Waals surface area contributed by atoms with E-state index >= 15 is 0 Å². The molecular formula is C23H24ClN3O3S. The molecule has 2 heterocycles. The molecule has 0 N–H and O–H groups in total. The van der Waals surface area contributed by atoms with Crippen molar-refractivity contribution in [1.29, 1.82) is 0 Å². The predicted molar refractivity (Wildman–Crippen MR) is 122 cm³/mol. The van der Waals surface area contributed by atoms with Gasteiger partial charge in [0.05, 0.1) is 11.5 Å². The highest BCUT2D eigenvalue weighted by Crippen LogP contribution is 2.26. The van der Waals surface area contributed by atoms with Crippen LogP contribution in [0.25, 0.3) is 11.1 Å². The first kappa shape index (κ1) is 21.6. The van der Waals surface area contributed by atoms with E-state index in [0.717, 1.165) is 48.6 Å². The summed E-state index contributed by atoms with van der Waals surface area (Å²) in [5.74, 6) is 2.20. The van der Waals surface area contributed by atoms with E-state index < -0.39 is 9.84 Å². The summed E-state index contributed by atoms with van der Waals surface area (Å²) in [5.41, 5.74) is 1.99. The summed E-state index contributed by atoms with van der Waals surface area (Å²) < 4.78 is 29.2. The second-order valence-corrected chi connectivity index (χ2v) is 10.2. The second-order valence-electron chi connectivity index (χ2n) is 7.78. The maximum absolute atomic E-state index is 11.6. The minimum Gasteiger partial charge on any atom is -0.493 e. The lowest BCUT2D eigenvalue weighted by Gasteiger charge is -2.32. The Morgan fingerprint density at radius 1 is 0.935 bits per heavy atom. The zero-order chi connectivity index (χ0) is 21.8. The average Bonchev–Trinajstić information content (AvgIpc) is 2.78. The summed E-state index contributed by atoms with van der Waals surface area (Å²) >= 11 is 5.81. The third-order valence-corrected chi connectivity index (χ3v) is 6.84. The summed E-state index contributed by atoms with van der Waals surface area (Å²) in [6, 6.07) is 18.5. The van der Waals surface area contributed by atoms with Crippen LogP contribution in [0.1, 0.15) is 12.8 Å². The SMILES string of the molecule is CS(=O)(=O)c1ccc(-c2ccc(OCC3CCN(c4ccc(Cl)nn4)CC3)cc2)cc1. The molecule has 1 aliphatic heterocycles. The molecular weight excluding hydrogens is 434 g/mol. The summed E-state index contributed by atoms with van der Waals surface area (Å²) in [7, 11) is -3.18. The number of ether oxygens (including phenoxy) is 1. The van der Waals surface area contributed by atoms with Crippen molar-refractivity contribution in [2.24, 2.45) is 5.92 Å². The molecule has 31 heavy (non-hydrogen) atoms. The van der Waals surface area contributed by atoms with E-state index in [1.54, 1.807) is 18.2 Å². The Labute approximate surface area is 187 Å². The Balaban J connectivity index is 1.28.